The Kier molecular flexibility index (Phi) is 2.16. The van der Waals surface area contributed by atoms with Crippen LogP contribution in [0.4, 0.5) is 0 Å². The Morgan fingerprint density at radius 1 is 1.20 bits per heavy atom. The van der Waals surface area contributed by atoms with Crippen molar-refractivity contribution in [1.82, 2.24) is 4.98 Å². The van der Waals surface area contributed by atoms with Crippen molar-refractivity contribution in [2.45, 2.75) is 6.10 Å². The lowest BCUT2D eigenvalue weighted by Gasteiger charge is -2.19. The third-order valence-corrected chi connectivity index (χ3v) is 2.40. The molecular formula is C11H11NO3. The van der Waals surface area contributed by atoms with E-state index in [1.807, 2.05) is 24.3 Å². The molecule has 0 radical (unpaired) electrons. The first-order chi connectivity index (χ1) is 7.43. The number of nitrogens with zero attached hydrogens (tertiary/aromatic N) is 1. The van der Waals surface area contributed by atoms with Crippen LogP contribution in [0.1, 0.15) is 12.0 Å². The van der Waals surface area contributed by atoms with Crippen LogP contribution in [-0.2, 0) is 9.47 Å². The van der Waals surface area contributed by atoms with E-state index in [4.69, 9.17) is 13.9 Å². The lowest BCUT2D eigenvalue weighted by atomic mass is 10.3. The highest BCUT2D eigenvalue weighted by atomic mass is 16.6. The van der Waals surface area contributed by atoms with Gasteiger partial charge in [0.1, 0.15) is 5.52 Å². The van der Waals surface area contributed by atoms with Crippen molar-refractivity contribution in [3.8, 4) is 0 Å². The fourth-order valence-electron chi connectivity index (χ4n) is 1.66. The van der Waals surface area contributed by atoms with Crippen LogP contribution in [0.3, 0.4) is 0 Å². The average molecular weight is 205 g/mol. The Morgan fingerprint density at radius 2 is 2.13 bits per heavy atom. The van der Waals surface area contributed by atoms with E-state index in [2.05, 4.69) is 4.98 Å². The van der Waals surface area contributed by atoms with Gasteiger partial charge in [-0.25, -0.2) is 4.98 Å². The van der Waals surface area contributed by atoms with Crippen molar-refractivity contribution in [3.05, 3.63) is 30.2 Å². The summed E-state index contributed by atoms with van der Waals surface area (Å²) in [7, 11) is 0. The molecular weight excluding hydrogens is 194 g/mol. The van der Waals surface area contributed by atoms with Gasteiger partial charge in [0, 0.05) is 0 Å². The maximum atomic E-state index is 5.59. The zero-order valence-corrected chi connectivity index (χ0v) is 8.18. The van der Waals surface area contributed by atoms with Gasteiger partial charge in [-0.05, 0) is 12.1 Å². The number of hydrogen-bond acceptors (Lipinski definition) is 4. The van der Waals surface area contributed by atoms with Crippen LogP contribution in [0, 0.1) is 0 Å². The molecule has 1 aromatic heterocycles. The van der Waals surface area contributed by atoms with Crippen LogP contribution >= 0.6 is 0 Å². The summed E-state index contributed by atoms with van der Waals surface area (Å²) in [6, 6.07) is 7.68. The summed E-state index contributed by atoms with van der Waals surface area (Å²) in [5.74, 6) is 0.607. The number of rotatable bonds is 1. The van der Waals surface area contributed by atoms with Gasteiger partial charge in [-0.3, -0.25) is 0 Å². The first-order valence-electron chi connectivity index (χ1n) is 4.98. The summed E-state index contributed by atoms with van der Waals surface area (Å²) in [4.78, 5) is 4.36. The Hall–Kier alpha value is -1.39. The van der Waals surface area contributed by atoms with Crippen LogP contribution in [0.2, 0.25) is 0 Å². The molecule has 15 heavy (non-hydrogen) atoms. The highest BCUT2D eigenvalue weighted by Crippen LogP contribution is 2.24. The molecule has 1 saturated heterocycles. The molecule has 2 heterocycles. The third-order valence-electron chi connectivity index (χ3n) is 2.40. The summed E-state index contributed by atoms with van der Waals surface area (Å²) in [5, 5.41) is 0. The van der Waals surface area contributed by atoms with Crippen LogP contribution in [-0.4, -0.2) is 24.8 Å². The minimum Gasteiger partial charge on any atom is -0.438 e. The number of hydrogen-bond donors (Lipinski definition) is 0. The van der Waals surface area contributed by atoms with Crippen LogP contribution in [0.5, 0.6) is 0 Å². The summed E-state index contributed by atoms with van der Waals surface area (Å²) >= 11 is 0. The molecule has 0 aliphatic carbocycles. The summed E-state index contributed by atoms with van der Waals surface area (Å²) in [6.07, 6.45) is -0.161. The highest BCUT2D eigenvalue weighted by molar-refractivity contribution is 5.72. The monoisotopic (exact) mass is 205 g/mol. The Balaban J connectivity index is 1.96. The van der Waals surface area contributed by atoms with E-state index in [1.54, 1.807) is 0 Å². The summed E-state index contributed by atoms with van der Waals surface area (Å²) in [6.45, 7) is 1.77. The van der Waals surface area contributed by atoms with Gasteiger partial charge >= 0.3 is 0 Å². The van der Waals surface area contributed by atoms with Gasteiger partial charge in [-0.15, -0.1) is 0 Å². The van der Waals surface area contributed by atoms with Gasteiger partial charge in [0.25, 0.3) is 0 Å². The molecule has 1 aromatic carbocycles. The normalized spacial score (nSPS) is 22.0. The third kappa shape index (κ3) is 1.62. The minimum atomic E-state index is -0.161. The predicted octanol–water partition coefficient (Wildman–Crippen LogP) is 1.92. The molecule has 2 aromatic rings. The summed E-state index contributed by atoms with van der Waals surface area (Å²) in [5.41, 5.74) is 1.66. The van der Waals surface area contributed by atoms with Crippen molar-refractivity contribution >= 4 is 11.1 Å². The lowest BCUT2D eigenvalue weighted by Crippen LogP contribution is -2.22. The molecule has 4 nitrogen and oxygen atoms in total. The molecule has 1 aliphatic heterocycles. The molecule has 0 N–H and O–H groups in total. The molecule has 4 heteroatoms. The van der Waals surface area contributed by atoms with E-state index in [0.717, 1.165) is 11.1 Å². The van der Waals surface area contributed by atoms with Crippen molar-refractivity contribution in [3.63, 3.8) is 0 Å². The topological polar surface area (TPSA) is 44.5 Å². The smallest absolute Gasteiger partial charge is 0.227 e. The van der Waals surface area contributed by atoms with E-state index < -0.39 is 0 Å². The van der Waals surface area contributed by atoms with E-state index in [-0.39, 0.29) is 6.10 Å². The predicted molar refractivity (Wildman–Crippen MR) is 53.5 cm³/mol. The van der Waals surface area contributed by atoms with Crippen molar-refractivity contribution in [2.24, 2.45) is 0 Å². The van der Waals surface area contributed by atoms with Crippen LogP contribution in [0.15, 0.2) is 28.7 Å². The number of ether oxygens (including phenoxy) is 2. The maximum Gasteiger partial charge on any atom is 0.227 e. The van der Waals surface area contributed by atoms with Crippen LogP contribution < -0.4 is 0 Å². The molecule has 0 bridgehead atoms. The van der Waals surface area contributed by atoms with Gasteiger partial charge in [0.2, 0.25) is 5.89 Å². The number of oxazole rings is 1. The molecule has 0 unspecified atom stereocenters. The van der Waals surface area contributed by atoms with Gasteiger partial charge < -0.3 is 13.9 Å². The molecule has 0 spiro atoms. The second-order valence-electron chi connectivity index (χ2n) is 3.45. The number of fused-ring (bicyclic) bond motifs is 1. The van der Waals surface area contributed by atoms with E-state index >= 15 is 0 Å². The number of para-hydroxylation sites is 2. The van der Waals surface area contributed by atoms with Gasteiger partial charge in [-0.2, -0.15) is 0 Å². The fraction of sp³-hybridized carbons (Fsp3) is 0.364. The molecule has 1 aliphatic rings. The molecule has 0 saturated carbocycles. The molecule has 0 amide bonds. The quantitative estimate of drug-likeness (QED) is 0.713. The van der Waals surface area contributed by atoms with Crippen molar-refractivity contribution in [2.75, 3.05) is 19.8 Å². The second-order valence-corrected chi connectivity index (χ2v) is 3.45. The number of benzene rings is 1. The lowest BCUT2D eigenvalue weighted by molar-refractivity contribution is -0.0991. The van der Waals surface area contributed by atoms with Gasteiger partial charge in [0.15, 0.2) is 11.7 Å². The molecule has 1 fully saturated rings. The Morgan fingerprint density at radius 3 is 2.93 bits per heavy atom. The highest BCUT2D eigenvalue weighted by Gasteiger charge is 2.21. The van der Waals surface area contributed by atoms with Gasteiger partial charge in [0.05, 0.1) is 19.8 Å². The Bertz CT molecular complexity index is 427. The molecule has 1 atom stereocenters. The fourth-order valence-corrected chi connectivity index (χ4v) is 1.66. The van der Waals surface area contributed by atoms with Crippen molar-refractivity contribution in [1.29, 1.82) is 0 Å². The Labute approximate surface area is 86.8 Å². The maximum absolute atomic E-state index is 5.59. The van der Waals surface area contributed by atoms with E-state index in [0.29, 0.717) is 25.7 Å². The zero-order valence-electron chi connectivity index (χ0n) is 8.18. The minimum absolute atomic E-state index is 0.161. The average Bonchev–Trinajstić information content (AvgIpc) is 2.74. The van der Waals surface area contributed by atoms with Gasteiger partial charge in [-0.1, -0.05) is 12.1 Å². The largest absolute Gasteiger partial charge is 0.438 e. The molecule has 3 rings (SSSR count). The SMILES string of the molecule is c1ccc2oc([C@@H]3COCCO3)nc2c1. The molecule has 78 valence electrons. The first kappa shape index (κ1) is 8.88. The van der Waals surface area contributed by atoms with E-state index in [9.17, 15) is 0 Å². The second kappa shape index (κ2) is 3.64. The summed E-state index contributed by atoms with van der Waals surface area (Å²) < 4.78 is 16.4. The van der Waals surface area contributed by atoms with Crippen LogP contribution in [0.25, 0.3) is 11.1 Å². The zero-order chi connectivity index (χ0) is 10.1. The standard InChI is InChI=1S/C11H11NO3/c1-2-4-9-8(3-1)12-11(15-9)10-7-13-5-6-14-10/h1-4,10H,5-7H2/t10-/m0/s1. The number of aromatic nitrogens is 1. The first-order valence-corrected chi connectivity index (χ1v) is 4.98. The van der Waals surface area contributed by atoms with E-state index in [1.165, 1.54) is 0 Å². The van der Waals surface area contributed by atoms with Crippen molar-refractivity contribution < 1.29 is 13.9 Å².